The summed E-state index contributed by atoms with van der Waals surface area (Å²) in [5, 5.41) is 2.71. The molecule has 0 unspecified atom stereocenters. The summed E-state index contributed by atoms with van der Waals surface area (Å²) in [6.45, 7) is 7.78. The van der Waals surface area contributed by atoms with Crippen molar-refractivity contribution in [3.8, 4) is 0 Å². The van der Waals surface area contributed by atoms with Crippen LogP contribution in [0.5, 0.6) is 0 Å². The fourth-order valence-electron chi connectivity index (χ4n) is 2.26. The maximum absolute atomic E-state index is 12.8. The number of hydrogen-bond donors (Lipinski definition) is 1. The van der Waals surface area contributed by atoms with Crippen molar-refractivity contribution in [3.05, 3.63) is 82.9 Å². The Morgan fingerprint density at radius 2 is 1.73 bits per heavy atom. The third-order valence-corrected chi connectivity index (χ3v) is 3.46. The Labute approximate surface area is 130 Å². The summed E-state index contributed by atoms with van der Waals surface area (Å²) in [6, 6.07) is 12.6. The third kappa shape index (κ3) is 3.31. The van der Waals surface area contributed by atoms with Crippen LogP contribution in [0.2, 0.25) is 0 Å². The SMILES string of the molecule is C=CCNC(=O)c1ccccc1C(=O)c1cc(C)ccc1C. The van der Waals surface area contributed by atoms with Crippen molar-refractivity contribution in [3.63, 3.8) is 0 Å². The van der Waals surface area contributed by atoms with Crippen LogP contribution in [0, 0.1) is 13.8 Å². The molecule has 22 heavy (non-hydrogen) atoms. The van der Waals surface area contributed by atoms with Gasteiger partial charge in [-0.3, -0.25) is 9.59 Å². The minimum Gasteiger partial charge on any atom is -0.349 e. The standard InChI is InChI=1S/C19H19NO2/c1-4-11-20-19(22)16-8-6-5-7-15(16)18(21)17-12-13(2)9-10-14(17)3/h4-10,12H,1,11H2,2-3H3,(H,20,22). The molecule has 0 saturated heterocycles. The van der Waals surface area contributed by atoms with Gasteiger partial charge >= 0.3 is 0 Å². The summed E-state index contributed by atoms with van der Waals surface area (Å²) in [5.74, 6) is -0.403. The van der Waals surface area contributed by atoms with Gasteiger partial charge in [0.1, 0.15) is 0 Å². The molecule has 3 heteroatoms. The molecule has 0 aromatic heterocycles. The van der Waals surface area contributed by atoms with Gasteiger partial charge in [-0.15, -0.1) is 6.58 Å². The van der Waals surface area contributed by atoms with Crippen molar-refractivity contribution in [2.45, 2.75) is 13.8 Å². The molecular formula is C19H19NO2. The normalized spacial score (nSPS) is 10.1. The molecule has 1 N–H and O–H groups in total. The number of nitrogens with one attached hydrogen (secondary N) is 1. The number of benzene rings is 2. The lowest BCUT2D eigenvalue weighted by molar-refractivity contribution is 0.0946. The zero-order valence-electron chi connectivity index (χ0n) is 12.8. The van der Waals surface area contributed by atoms with Crippen LogP contribution in [0.4, 0.5) is 0 Å². The highest BCUT2D eigenvalue weighted by Gasteiger charge is 2.19. The van der Waals surface area contributed by atoms with E-state index in [9.17, 15) is 9.59 Å². The number of ketones is 1. The van der Waals surface area contributed by atoms with Crippen molar-refractivity contribution >= 4 is 11.7 Å². The number of carbonyl (C=O) groups is 2. The molecule has 0 fully saturated rings. The first-order valence-corrected chi connectivity index (χ1v) is 7.14. The fraction of sp³-hybridized carbons (Fsp3) is 0.158. The van der Waals surface area contributed by atoms with Gasteiger partial charge in [-0.05, 0) is 31.5 Å². The van der Waals surface area contributed by atoms with Crippen molar-refractivity contribution < 1.29 is 9.59 Å². The largest absolute Gasteiger partial charge is 0.349 e. The highest BCUT2D eigenvalue weighted by atomic mass is 16.2. The molecule has 2 aromatic carbocycles. The van der Waals surface area contributed by atoms with Gasteiger partial charge in [0.25, 0.3) is 5.91 Å². The lowest BCUT2D eigenvalue weighted by atomic mass is 9.94. The summed E-state index contributed by atoms with van der Waals surface area (Å²) in [4.78, 5) is 25.0. The van der Waals surface area contributed by atoms with E-state index in [0.29, 0.717) is 23.2 Å². The molecular weight excluding hydrogens is 274 g/mol. The number of carbonyl (C=O) groups excluding carboxylic acids is 2. The highest BCUT2D eigenvalue weighted by molar-refractivity contribution is 6.15. The van der Waals surface area contributed by atoms with Crippen LogP contribution < -0.4 is 5.32 Å². The molecule has 0 aliphatic rings. The van der Waals surface area contributed by atoms with E-state index in [4.69, 9.17) is 0 Å². The van der Waals surface area contributed by atoms with E-state index < -0.39 is 0 Å². The Morgan fingerprint density at radius 1 is 1.05 bits per heavy atom. The minimum atomic E-state index is -0.269. The maximum Gasteiger partial charge on any atom is 0.252 e. The van der Waals surface area contributed by atoms with Gasteiger partial charge in [0.2, 0.25) is 0 Å². The lowest BCUT2D eigenvalue weighted by Gasteiger charge is -2.11. The monoisotopic (exact) mass is 293 g/mol. The number of rotatable bonds is 5. The average Bonchev–Trinajstić information content (AvgIpc) is 2.54. The van der Waals surface area contributed by atoms with Crippen molar-refractivity contribution in [2.24, 2.45) is 0 Å². The number of amides is 1. The second-order valence-corrected chi connectivity index (χ2v) is 5.19. The smallest absolute Gasteiger partial charge is 0.252 e. The summed E-state index contributed by atoms with van der Waals surface area (Å²) in [5.41, 5.74) is 3.34. The van der Waals surface area contributed by atoms with Crippen molar-refractivity contribution in [1.29, 1.82) is 0 Å². The summed E-state index contributed by atoms with van der Waals surface area (Å²) in [7, 11) is 0. The predicted molar refractivity (Wildman–Crippen MR) is 88.3 cm³/mol. The molecule has 0 saturated carbocycles. The van der Waals surface area contributed by atoms with Crippen molar-refractivity contribution in [2.75, 3.05) is 6.54 Å². The first-order valence-electron chi connectivity index (χ1n) is 7.14. The first kappa shape index (κ1) is 15.7. The van der Waals surface area contributed by atoms with Crippen molar-refractivity contribution in [1.82, 2.24) is 5.32 Å². The van der Waals surface area contributed by atoms with Crippen LogP contribution in [-0.4, -0.2) is 18.2 Å². The summed E-state index contributed by atoms with van der Waals surface area (Å²) >= 11 is 0. The molecule has 0 radical (unpaired) electrons. The zero-order chi connectivity index (χ0) is 16.1. The van der Waals surface area contributed by atoms with Gasteiger partial charge in [-0.2, -0.15) is 0 Å². The van der Waals surface area contributed by atoms with Crippen LogP contribution >= 0.6 is 0 Å². The Hall–Kier alpha value is -2.68. The second kappa shape index (κ2) is 6.85. The molecule has 0 aliphatic carbocycles. The third-order valence-electron chi connectivity index (χ3n) is 3.46. The Balaban J connectivity index is 2.44. The highest BCUT2D eigenvalue weighted by Crippen LogP contribution is 2.19. The van der Waals surface area contributed by atoms with E-state index in [2.05, 4.69) is 11.9 Å². The second-order valence-electron chi connectivity index (χ2n) is 5.19. The molecule has 1 amide bonds. The van der Waals surface area contributed by atoms with Gasteiger partial charge in [-0.25, -0.2) is 0 Å². The first-order chi connectivity index (χ1) is 10.5. The van der Waals surface area contributed by atoms with Gasteiger partial charge < -0.3 is 5.32 Å². The number of aryl methyl sites for hydroxylation is 2. The molecule has 0 heterocycles. The molecule has 2 rings (SSSR count). The van der Waals surface area contributed by atoms with E-state index in [1.807, 2.05) is 32.0 Å². The molecule has 2 aromatic rings. The van der Waals surface area contributed by atoms with Crippen LogP contribution in [-0.2, 0) is 0 Å². The topological polar surface area (TPSA) is 46.2 Å². The molecule has 0 bridgehead atoms. The molecule has 112 valence electrons. The molecule has 0 aliphatic heterocycles. The molecule has 0 atom stereocenters. The molecule has 0 spiro atoms. The van der Waals surface area contributed by atoms with Gasteiger partial charge in [0.15, 0.2) is 5.78 Å². The van der Waals surface area contributed by atoms with Crippen LogP contribution in [0.1, 0.15) is 37.4 Å². The van der Waals surface area contributed by atoms with Gasteiger partial charge in [0, 0.05) is 17.7 Å². The van der Waals surface area contributed by atoms with E-state index in [-0.39, 0.29) is 11.7 Å². The maximum atomic E-state index is 12.8. The van der Waals surface area contributed by atoms with Crippen LogP contribution in [0.25, 0.3) is 0 Å². The zero-order valence-corrected chi connectivity index (χ0v) is 12.8. The average molecular weight is 293 g/mol. The summed E-state index contributed by atoms with van der Waals surface area (Å²) in [6.07, 6.45) is 1.60. The molecule has 3 nitrogen and oxygen atoms in total. The van der Waals surface area contributed by atoms with E-state index in [1.165, 1.54) is 0 Å². The quantitative estimate of drug-likeness (QED) is 0.678. The van der Waals surface area contributed by atoms with E-state index in [0.717, 1.165) is 11.1 Å². The van der Waals surface area contributed by atoms with E-state index in [1.54, 1.807) is 30.3 Å². The van der Waals surface area contributed by atoms with Gasteiger partial charge in [-0.1, -0.05) is 42.0 Å². The Morgan fingerprint density at radius 3 is 2.41 bits per heavy atom. The minimum absolute atomic E-state index is 0.134. The Kier molecular flexibility index (Phi) is 4.89. The van der Waals surface area contributed by atoms with Crippen LogP contribution in [0.3, 0.4) is 0 Å². The Bertz CT molecular complexity index is 732. The summed E-state index contributed by atoms with van der Waals surface area (Å²) < 4.78 is 0. The predicted octanol–water partition coefficient (Wildman–Crippen LogP) is 3.45. The van der Waals surface area contributed by atoms with Crippen LogP contribution in [0.15, 0.2) is 55.1 Å². The fourth-order valence-corrected chi connectivity index (χ4v) is 2.26. The van der Waals surface area contributed by atoms with Gasteiger partial charge in [0.05, 0.1) is 5.56 Å². The number of hydrogen-bond acceptors (Lipinski definition) is 2. The lowest BCUT2D eigenvalue weighted by Crippen LogP contribution is -2.25. The van der Waals surface area contributed by atoms with E-state index >= 15 is 0 Å².